The topological polar surface area (TPSA) is 76.7 Å². The van der Waals surface area contributed by atoms with E-state index < -0.39 is 0 Å². The van der Waals surface area contributed by atoms with E-state index in [0.717, 1.165) is 46.5 Å². The SMILES string of the molecule is CC(C)c1nc2c(c(-c3ccc(F)cc3)c1CO)CCC(C)(C)n1nnnc1-2. The monoisotopic (exact) mass is 381 g/mol. The van der Waals surface area contributed by atoms with Crippen LogP contribution < -0.4 is 0 Å². The van der Waals surface area contributed by atoms with Crippen molar-refractivity contribution in [2.45, 2.75) is 58.6 Å². The molecule has 1 aliphatic heterocycles. The molecular weight excluding hydrogens is 357 g/mol. The highest BCUT2D eigenvalue weighted by Gasteiger charge is 2.34. The van der Waals surface area contributed by atoms with Crippen LogP contribution in [0.5, 0.6) is 0 Å². The molecule has 146 valence electrons. The molecule has 0 amide bonds. The summed E-state index contributed by atoms with van der Waals surface area (Å²) in [5.41, 5.74) is 4.87. The first kappa shape index (κ1) is 18.7. The number of nitrogens with zero attached hydrogens (tertiary/aromatic N) is 5. The predicted molar refractivity (Wildman–Crippen MR) is 104 cm³/mol. The maximum Gasteiger partial charge on any atom is 0.201 e. The minimum atomic E-state index is -0.288. The summed E-state index contributed by atoms with van der Waals surface area (Å²) in [4.78, 5) is 4.93. The van der Waals surface area contributed by atoms with E-state index in [-0.39, 0.29) is 23.9 Å². The number of hydrogen-bond donors (Lipinski definition) is 1. The molecule has 0 fully saturated rings. The van der Waals surface area contributed by atoms with Crippen LogP contribution in [0.2, 0.25) is 0 Å². The Balaban J connectivity index is 2.09. The quantitative estimate of drug-likeness (QED) is 0.746. The van der Waals surface area contributed by atoms with Gasteiger partial charge >= 0.3 is 0 Å². The molecule has 0 atom stereocenters. The molecule has 0 saturated heterocycles. The first-order chi connectivity index (χ1) is 13.3. The van der Waals surface area contributed by atoms with Crippen LogP contribution >= 0.6 is 0 Å². The van der Waals surface area contributed by atoms with Crippen LogP contribution in [0.15, 0.2) is 24.3 Å². The zero-order valence-corrected chi connectivity index (χ0v) is 16.6. The molecular formula is C21H24FN5O. The standard InChI is InChI=1S/C21H24FN5O/c1-12(2)18-16(11-28)17(13-5-7-14(22)8-6-13)15-9-10-21(3,4)27-20(19(15)23-18)24-25-26-27/h5-8,12,28H,9-11H2,1-4H3. The van der Waals surface area contributed by atoms with E-state index in [1.807, 2.05) is 18.5 Å². The van der Waals surface area contributed by atoms with Gasteiger partial charge in [-0.25, -0.2) is 14.1 Å². The number of fused-ring (bicyclic) bond motifs is 3. The molecule has 4 rings (SSSR count). The highest BCUT2D eigenvalue weighted by Crippen LogP contribution is 2.41. The van der Waals surface area contributed by atoms with Gasteiger partial charge in [0.15, 0.2) is 0 Å². The molecule has 3 aromatic rings. The van der Waals surface area contributed by atoms with E-state index in [1.165, 1.54) is 12.1 Å². The molecule has 6 nitrogen and oxygen atoms in total. The second-order valence-corrected chi connectivity index (χ2v) is 8.22. The zero-order chi connectivity index (χ0) is 20.1. The normalized spacial score (nSPS) is 15.2. The van der Waals surface area contributed by atoms with Gasteiger partial charge in [-0.2, -0.15) is 0 Å². The number of halogens is 1. The van der Waals surface area contributed by atoms with Gasteiger partial charge in [0.1, 0.15) is 11.5 Å². The van der Waals surface area contributed by atoms with Crippen molar-refractivity contribution in [2.75, 3.05) is 0 Å². The molecule has 0 radical (unpaired) electrons. The summed E-state index contributed by atoms with van der Waals surface area (Å²) in [6, 6.07) is 6.41. The lowest BCUT2D eigenvalue weighted by molar-refractivity contribution is 0.280. The minimum absolute atomic E-state index is 0.104. The van der Waals surface area contributed by atoms with Crippen molar-refractivity contribution in [3.8, 4) is 22.6 Å². The number of aliphatic hydroxyl groups is 1. The van der Waals surface area contributed by atoms with Crippen molar-refractivity contribution >= 4 is 0 Å². The summed E-state index contributed by atoms with van der Waals surface area (Å²) in [5.74, 6) is 0.447. The third-order valence-corrected chi connectivity index (χ3v) is 5.51. The Bertz CT molecular complexity index is 1020. The van der Waals surface area contributed by atoms with Crippen LogP contribution in [-0.4, -0.2) is 30.3 Å². The fraction of sp³-hybridized carbons (Fsp3) is 0.429. The fourth-order valence-corrected chi connectivity index (χ4v) is 3.99. The summed E-state index contributed by atoms with van der Waals surface area (Å²) in [7, 11) is 0. The fourth-order valence-electron chi connectivity index (χ4n) is 3.99. The first-order valence-electron chi connectivity index (χ1n) is 9.55. The van der Waals surface area contributed by atoms with Gasteiger partial charge in [-0.1, -0.05) is 26.0 Å². The molecule has 0 bridgehead atoms. The average molecular weight is 381 g/mol. The molecule has 7 heteroatoms. The molecule has 1 aliphatic rings. The molecule has 0 saturated carbocycles. The summed E-state index contributed by atoms with van der Waals surface area (Å²) in [5, 5.41) is 22.6. The van der Waals surface area contributed by atoms with E-state index in [2.05, 4.69) is 29.4 Å². The van der Waals surface area contributed by atoms with Gasteiger partial charge < -0.3 is 5.11 Å². The van der Waals surface area contributed by atoms with Crippen molar-refractivity contribution in [3.63, 3.8) is 0 Å². The number of hydrogen-bond acceptors (Lipinski definition) is 5. The Kier molecular flexibility index (Phi) is 4.50. The maximum atomic E-state index is 13.6. The largest absolute Gasteiger partial charge is 0.392 e. The Morgan fingerprint density at radius 1 is 1.21 bits per heavy atom. The highest BCUT2D eigenvalue weighted by atomic mass is 19.1. The summed E-state index contributed by atoms with van der Waals surface area (Å²) in [6.45, 7) is 8.17. The van der Waals surface area contributed by atoms with Crippen molar-refractivity contribution in [1.82, 2.24) is 25.2 Å². The number of aromatic nitrogens is 5. The lowest BCUT2D eigenvalue weighted by Gasteiger charge is -2.23. The lowest BCUT2D eigenvalue weighted by atomic mass is 9.86. The van der Waals surface area contributed by atoms with Crippen molar-refractivity contribution in [3.05, 3.63) is 46.9 Å². The van der Waals surface area contributed by atoms with Gasteiger partial charge in [0.05, 0.1) is 12.1 Å². The van der Waals surface area contributed by atoms with Gasteiger partial charge in [-0.05, 0) is 71.9 Å². The molecule has 0 aliphatic carbocycles. The molecule has 2 aromatic heterocycles. The number of aliphatic hydroxyl groups excluding tert-OH is 1. The third kappa shape index (κ3) is 2.90. The molecule has 1 aromatic carbocycles. The number of benzene rings is 1. The van der Waals surface area contributed by atoms with Crippen LogP contribution in [0.25, 0.3) is 22.6 Å². The number of rotatable bonds is 3. The van der Waals surface area contributed by atoms with Crippen LogP contribution in [0, 0.1) is 5.82 Å². The van der Waals surface area contributed by atoms with Gasteiger partial charge in [0.2, 0.25) is 5.82 Å². The van der Waals surface area contributed by atoms with Crippen molar-refractivity contribution < 1.29 is 9.50 Å². The Labute approximate surface area is 163 Å². The van der Waals surface area contributed by atoms with Crippen LogP contribution in [0.3, 0.4) is 0 Å². The van der Waals surface area contributed by atoms with Crippen LogP contribution in [0.1, 0.15) is 56.9 Å². The van der Waals surface area contributed by atoms with Gasteiger partial charge in [-0.15, -0.1) is 5.10 Å². The van der Waals surface area contributed by atoms with Gasteiger partial charge in [0.25, 0.3) is 0 Å². The Morgan fingerprint density at radius 3 is 2.57 bits per heavy atom. The van der Waals surface area contributed by atoms with E-state index in [9.17, 15) is 9.50 Å². The van der Waals surface area contributed by atoms with E-state index >= 15 is 0 Å². The number of tetrazole rings is 1. The van der Waals surface area contributed by atoms with Gasteiger partial charge in [-0.3, -0.25) is 0 Å². The summed E-state index contributed by atoms with van der Waals surface area (Å²) < 4.78 is 15.4. The highest BCUT2D eigenvalue weighted by molar-refractivity contribution is 5.78. The van der Waals surface area contributed by atoms with Crippen molar-refractivity contribution in [1.29, 1.82) is 0 Å². The smallest absolute Gasteiger partial charge is 0.201 e. The molecule has 0 unspecified atom stereocenters. The Hall–Kier alpha value is -2.67. The molecule has 0 spiro atoms. The van der Waals surface area contributed by atoms with Crippen molar-refractivity contribution in [2.24, 2.45) is 0 Å². The van der Waals surface area contributed by atoms with Crippen LogP contribution in [0.4, 0.5) is 4.39 Å². The Morgan fingerprint density at radius 2 is 1.93 bits per heavy atom. The zero-order valence-electron chi connectivity index (χ0n) is 16.6. The van der Waals surface area contributed by atoms with E-state index in [1.54, 1.807) is 12.1 Å². The molecule has 1 N–H and O–H groups in total. The predicted octanol–water partition coefficient (Wildman–Crippen LogP) is 3.84. The first-order valence-corrected chi connectivity index (χ1v) is 9.55. The second-order valence-electron chi connectivity index (χ2n) is 8.22. The lowest BCUT2D eigenvalue weighted by Crippen LogP contribution is -2.27. The van der Waals surface area contributed by atoms with E-state index in [0.29, 0.717) is 5.82 Å². The minimum Gasteiger partial charge on any atom is -0.392 e. The third-order valence-electron chi connectivity index (χ3n) is 5.51. The average Bonchev–Trinajstić information content (AvgIpc) is 3.13. The van der Waals surface area contributed by atoms with Crippen LogP contribution in [-0.2, 0) is 18.6 Å². The number of pyridine rings is 1. The maximum absolute atomic E-state index is 13.6. The molecule has 3 heterocycles. The second kappa shape index (κ2) is 6.74. The summed E-state index contributed by atoms with van der Waals surface area (Å²) >= 11 is 0. The summed E-state index contributed by atoms with van der Waals surface area (Å²) in [6.07, 6.45) is 1.57. The molecule has 28 heavy (non-hydrogen) atoms. The van der Waals surface area contributed by atoms with Gasteiger partial charge in [0, 0.05) is 11.3 Å². The van der Waals surface area contributed by atoms with E-state index in [4.69, 9.17) is 4.98 Å².